The third-order valence-electron chi connectivity index (χ3n) is 3.47. The molecule has 3 nitrogen and oxygen atoms in total. The van der Waals surface area contributed by atoms with Crippen molar-refractivity contribution >= 4 is 14.3 Å². The van der Waals surface area contributed by atoms with Gasteiger partial charge in [-0.3, -0.25) is 4.79 Å². The van der Waals surface area contributed by atoms with Gasteiger partial charge in [0.1, 0.15) is 6.10 Å². The highest BCUT2D eigenvalue weighted by atomic mass is 28.4. The predicted molar refractivity (Wildman–Crippen MR) is 85.9 cm³/mol. The first kappa shape index (κ1) is 19.2. The molecule has 0 aromatic rings. The first-order chi connectivity index (χ1) is 8.77. The van der Waals surface area contributed by atoms with Crippen LogP contribution in [0.15, 0.2) is 0 Å². The van der Waals surface area contributed by atoms with Crippen molar-refractivity contribution in [2.24, 2.45) is 5.41 Å². The van der Waals surface area contributed by atoms with Crippen LogP contribution in [0, 0.1) is 17.3 Å². The summed E-state index contributed by atoms with van der Waals surface area (Å²) in [6.45, 7) is 18.5. The molecule has 0 spiro atoms. The van der Waals surface area contributed by atoms with Crippen LogP contribution >= 0.6 is 0 Å². The Labute approximate surface area is 125 Å². The molecule has 0 amide bonds. The van der Waals surface area contributed by atoms with Gasteiger partial charge in [0.2, 0.25) is 0 Å². The maximum atomic E-state index is 11.6. The van der Waals surface area contributed by atoms with E-state index in [-0.39, 0.29) is 23.7 Å². The third kappa shape index (κ3) is 6.58. The number of carbonyl (C=O) groups excluding carboxylic acids is 1. The summed E-state index contributed by atoms with van der Waals surface area (Å²) >= 11 is 0. The maximum absolute atomic E-state index is 11.6. The molecule has 0 saturated carbocycles. The average molecular weight is 298 g/mol. The van der Waals surface area contributed by atoms with Crippen molar-refractivity contribution in [1.82, 2.24) is 0 Å². The van der Waals surface area contributed by atoms with E-state index in [1.54, 1.807) is 0 Å². The summed E-state index contributed by atoms with van der Waals surface area (Å²) in [7, 11) is -1.79. The highest BCUT2D eigenvalue weighted by Gasteiger charge is 2.38. The predicted octanol–water partition coefficient (Wildman–Crippen LogP) is 3.99. The molecular formula is C16H30O3Si. The molecule has 0 bridgehead atoms. The molecule has 0 aromatic heterocycles. The van der Waals surface area contributed by atoms with E-state index in [9.17, 15) is 4.79 Å². The van der Waals surface area contributed by atoms with Gasteiger partial charge in [0, 0.05) is 0 Å². The van der Waals surface area contributed by atoms with Gasteiger partial charge in [0.25, 0.3) is 0 Å². The molecule has 0 aromatic carbocycles. The van der Waals surface area contributed by atoms with Crippen molar-refractivity contribution in [3.63, 3.8) is 0 Å². The van der Waals surface area contributed by atoms with Crippen LogP contribution < -0.4 is 0 Å². The van der Waals surface area contributed by atoms with Gasteiger partial charge in [0.05, 0.1) is 5.41 Å². The normalized spacial score (nSPS) is 14.2. The quantitative estimate of drug-likeness (QED) is 0.449. The van der Waals surface area contributed by atoms with Crippen molar-refractivity contribution in [3.05, 3.63) is 0 Å². The highest BCUT2D eigenvalue weighted by Crippen LogP contribution is 2.37. The summed E-state index contributed by atoms with van der Waals surface area (Å²) in [5, 5.41) is 0.168. The zero-order valence-corrected chi connectivity index (χ0v) is 15.5. The topological polar surface area (TPSA) is 35.5 Å². The van der Waals surface area contributed by atoms with Crippen LogP contribution in [0.1, 0.15) is 48.5 Å². The zero-order chi connectivity index (χ0) is 16.2. The molecule has 1 atom stereocenters. The molecule has 0 aliphatic heterocycles. The second-order valence-electron chi connectivity index (χ2n) is 7.67. The number of hydrogen-bond donors (Lipinski definition) is 0. The Morgan fingerprint density at radius 3 is 2.05 bits per heavy atom. The summed E-state index contributed by atoms with van der Waals surface area (Å²) in [6.07, 6.45) is -0.135. The lowest BCUT2D eigenvalue weighted by molar-refractivity contribution is -0.151. The molecule has 20 heavy (non-hydrogen) atoms. The molecule has 116 valence electrons. The molecule has 0 unspecified atom stereocenters. The lowest BCUT2D eigenvalue weighted by atomic mass is 9.97. The van der Waals surface area contributed by atoms with E-state index in [1.807, 2.05) is 27.7 Å². The van der Waals surface area contributed by atoms with Crippen LogP contribution in [0.25, 0.3) is 0 Å². The van der Waals surface area contributed by atoms with Gasteiger partial charge in [-0.25, -0.2) is 0 Å². The zero-order valence-electron chi connectivity index (χ0n) is 14.5. The van der Waals surface area contributed by atoms with E-state index in [4.69, 9.17) is 9.16 Å². The Morgan fingerprint density at radius 2 is 1.65 bits per heavy atom. The summed E-state index contributed by atoms with van der Waals surface area (Å²) in [6, 6.07) is 0. The van der Waals surface area contributed by atoms with Crippen LogP contribution in [0.5, 0.6) is 0 Å². The van der Waals surface area contributed by atoms with E-state index in [0.29, 0.717) is 0 Å². The SMILES string of the molecule is C[C@H](C#CCOC(=O)C(C)(C)C)O[Si](C)(C)C(C)(C)C. The molecule has 4 heteroatoms. The molecule has 0 rings (SSSR count). The number of carbonyl (C=O) groups is 1. The van der Waals surface area contributed by atoms with Crippen molar-refractivity contribution < 1.29 is 14.0 Å². The standard InChI is InChI=1S/C16H30O3Si/c1-13(19-20(8,9)16(5,6)7)11-10-12-18-14(17)15(2,3)4/h13H,12H2,1-9H3/t13-/m1/s1. The smallest absolute Gasteiger partial charge is 0.312 e. The van der Waals surface area contributed by atoms with E-state index in [2.05, 4.69) is 45.7 Å². The van der Waals surface area contributed by atoms with E-state index in [1.165, 1.54) is 0 Å². The number of esters is 1. The minimum absolute atomic E-state index is 0.126. The van der Waals surface area contributed by atoms with Crippen molar-refractivity contribution in [2.45, 2.75) is 72.7 Å². The lowest BCUT2D eigenvalue weighted by Crippen LogP contribution is -2.43. The van der Waals surface area contributed by atoms with Crippen LogP contribution in [0.4, 0.5) is 0 Å². The van der Waals surface area contributed by atoms with Crippen LogP contribution in [-0.2, 0) is 14.0 Å². The van der Waals surface area contributed by atoms with E-state index >= 15 is 0 Å². The van der Waals surface area contributed by atoms with Gasteiger partial charge >= 0.3 is 5.97 Å². The van der Waals surface area contributed by atoms with Crippen LogP contribution in [0.2, 0.25) is 18.1 Å². The van der Waals surface area contributed by atoms with Gasteiger partial charge < -0.3 is 9.16 Å². The van der Waals surface area contributed by atoms with Gasteiger partial charge in [-0.2, -0.15) is 0 Å². The van der Waals surface area contributed by atoms with Crippen molar-refractivity contribution in [3.8, 4) is 11.8 Å². The number of rotatable bonds is 3. The van der Waals surface area contributed by atoms with Gasteiger partial charge in [-0.05, 0) is 45.8 Å². The van der Waals surface area contributed by atoms with Crippen molar-refractivity contribution in [2.75, 3.05) is 6.61 Å². The monoisotopic (exact) mass is 298 g/mol. The van der Waals surface area contributed by atoms with Gasteiger partial charge in [-0.15, -0.1) is 0 Å². The van der Waals surface area contributed by atoms with E-state index < -0.39 is 13.7 Å². The highest BCUT2D eigenvalue weighted by molar-refractivity contribution is 6.74. The summed E-state index contributed by atoms with van der Waals surface area (Å²) in [5.74, 6) is 5.64. The average Bonchev–Trinajstić information content (AvgIpc) is 2.20. The lowest BCUT2D eigenvalue weighted by Gasteiger charge is -2.37. The first-order valence-electron chi connectivity index (χ1n) is 7.11. The van der Waals surface area contributed by atoms with E-state index in [0.717, 1.165) is 0 Å². The van der Waals surface area contributed by atoms with Crippen LogP contribution in [0.3, 0.4) is 0 Å². The van der Waals surface area contributed by atoms with Gasteiger partial charge in [0.15, 0.2) is 14.9 Å². The summed E-state index contributed by atoms with van der Waals surface area (Å²) < 4.78 is 11.2. The van der Waals surface area contributed by atoms with Crippen LogP contribution in [-0.4, -0.2) is 27.0 Å². The second-order valence-corrected chi connectivity index (χ2v) is 12.4. The fourth-order valence-electron chi connectivity index (χ4n) is 1.15. The van der Waals surface area contributed by atoms with Crippen molar-refractivity contribution in [1.29, 1.82) is 0 Å². The Bertz CT molecular complexity index is 389. The Balaban J connectivity index is 4.35. The molecule has 0 aliphatic carbocycles. The Morgan fingerprint density at radius 1 is 1.15 bits per heavy atom. The molecule has 0 saturated heterocycles. The first-order valence-corrected chi connectivity index (χ1v) is 10.0. The maximum Gasteiger partial charge on any atom is 0.312 e. The number of hydrogen-bond acceptors (Lipinski definition) is 3. The molecular weight excluding hydrogens is 268 g/mol. The largest absolute Gasteiger partial charge is 0.452 e. The Kier molecular flexibility index (Phi) is 6.51. The summed E-state index contributed by atoms with van der Waals surface area (Å²) in [5.41, 5.74) is -0.481. The fraction of sp³-hybridized carbons (Fsp3) is 0.812. The fourth-order valence-corrected chi connectivity index (χ4v) is 2.45. The second kappa shape index (κ2) is 6.78. The molecule has 0 fully saturated rings. The van der Waals surface area contributed by atoms with Gasteiger partial charge in [-0.1, -0.05) is 32.6 Å². The summed E-state index contributed by atoms with van der Waals surface area (Å²) in [4.78, 5) is 11.6. The molecule has 0 heterocycles. The third-order valence-corrected chi connectivity index (χ3v) is 8.03. The Hall–Kier alpha value is -0.793. The number of ether oxygens (including phenoxy) is 1. The molecule has 0 N–H and O–H groups in total. The minimum Gasteiger partial charge on any atom is -0.452 e. The molecule has 0 aliphatic rings. The molecule has 0 radical (unpaired) electrons. The minimum atomic E-state index is -1.79.